The van der Waals surface area contributed by atoms with Gasteiger partial charge in [0.1, 0.15) is 0 Å². The van der Waals surface area contributed by atoms with Crippen LogP contribution in [0.25, 0.3) is 0 Å². The van der Waals surface area contributed by atoms with Gasteiger partial charge < -0.3 is 0 Å². The van der Waals surface area contributed by atoms with Gasteiger partial charge in [-0.25, -0.2) is 5.48 Å². The van der Waals surface area contributed by atoms with Crippen LogP contribution in [0.15, 0.2) is 24.3 Å². The lowest BCUT2D eigenvalue weighted by Gasteiger charge is -2.28. The van der Waals surface area contributed by atoms with E-state index in [-0.39, 0.29) is 5.91 Å². The molecule has 4 heteroatoms. The smallest absolute Gasteiger partial charge is 0.248 e. The van der Waals surface area contributed by atoms with Gasteiger partial charge >= 0.3 is 0 Å². The van der Waals surface area contributed by atoms with Crippen LogP contribution < -0.4 is 5.48 Å². The van der Waals surface area contributed by atoms with Gasteiger partial charge in [-0.2, -0.15) is 0 Å². The number of hydrogen-bond donors (Lipinski definition) is 2. The Morgan fingerprint density at radius 2 is 1.95 bits per heavy atom. The predicted molar refractivity (Wildman–Crippen MR) is 87.6 cm³/mol. The Morgan fingerprint density at radius 1 is 1.23 bits per heavy atom. The summed E-state index contributed by atoms with van der Waals surface area (Å²) >= 11 is 0. The van der Waals surface area contributed by atoms with E-state index in [1.165, 1.54) is 17.5 Å². The number of benzene rings is 1. The molecule has 22 heavy (non-hydrogen) atoms. The van der Waals surface area contributed by atoms with Gasteiger partial charge in [-0.1, -0.05) is 51.0 Å². The summed E-state index contributed by atoms with van der Waals surface area (Å²) in [7, 11) is 0. The fourth-order valence-electron chi connectivity index (χ4n) is 3.09. The van der Waals surface area contributed by atoms with E-state index in [0.29, 0.717) is 0 Å². The molecule has 122 valence electrons. The minimum atomic E-state index is -0.487. The van der Waals surface area contributed by atoms with E-state index in [2.05, 4.69) is 29.2 Å². The van der Waals surface area contributed by atoms with Gasteiger partial charge in [0.25, 0.3) is 0 Å². The van der Waals surface area contributed by atoms with Gasteiger partial charge in [-0.05, 0) is 36.9 Å². The fourth-order valence-corrected chi connectivity index (χ4v) is 3.09. The Morgan fingerprint density at radius 3 is 2.68 bits per heavy atom. The molecule has 1 aliphatic rings. The zero-order valence-corrected chi connectivity index (χ0v) is 13.8. The third kappa shape index (κ3) is 4.55. The van der Waals surface area contributed by atoms with E-state index < -0.39 is 5.41 Å². The zero-order chi connectivity index (χ0) is 16.0. The quantitative estimate of drug-likeness (QED) is 0.462. The summed E-state index contributed by atoms with van der Waals surface area (Å²) < 4.78 is 0. The monoisotopic (exact) mass is 304 g/mol. The molecular weight excluding hydrogens is 276 g/mol. The van der Waals surface area contributed by atoms with Gasteiger partial charge in [0.05, 0.1) is 0 Å². The molecule has 0 radical (unpaired) electrons. The molecule has 0 aliphatic carbocycles. The number of hydroxylamine groups is 1. The molecule has 0 unspecified atom stereocenters. The Hall–Kier alpha value is -1.39. The van der Waals surface area contributed by atoms with Crippen LogP contribution in [0, 0.1) is 5.41 Å². The third-order valence-electron chi connectivity index (χ3n) is 4.70. The summed E-state index contributed by atoms with van der Waals surface area (Å²) in [6.07, 6.45) is 5.27. The number of fused-ring (bicyclic) bond motifs is 1. The van der Waals surface area contributed by atoms with Gasteiger partial charge in [0.15, 0.2) is 0 Å². The summed E-state index contributed by atoms with van der Waals surface area (Å²) in [6, 6.07) is 8.72. The SMILES string of the molecule is CC(C)(CCCCCN1CCc2ccccc2C1)C(=O)NO. The number of carbonyl (C=O) groups is 1. The second-order valence-electron chi connectivity index (χ2n) is 6.93. The number of nitrogens with zero attached hydrogens (tertiary/aromatic N) is 1. The van der Waals surface area contributed by atoms with Crippen molar-refractivity contribution in [3.8, 4) is 0 Å². The molecule has 1 aliphatic heterocycles. The maximum atomic E-state index is 11.5. The van der Waals surface area contributed by atoms with Crippen molar-refractivity contribution in [3.63, 3.8) is 0 Å². The molecule has 0 aromatic heterocycles. The van der Waals surface area contributed by atoms with Crippen LogP contribution in [0.3, 0.4) is 0 Å². The minimum absolute atomic E-state index is 0.292. The van der Waals surface area contributed by atoms with E-state index in [1.54, 1.807) is 5.48 Å². The molecule has 0 bridgehead atoms. The molecule has 0 spiro atoms. The van der Waals surface area contributed by atoms with Crippen LogP contribution in [0.2, 0.25) is 0 Å². The van der Waals surface area contributed by atoms with Crippen LogP contribution in [-0.4, -0.2) is 29.1 Å². The molecule has 1 heterocycles. The number of hydrogen-bond acceptors (Lipinski definition) is 3. The van der Waals surface area contributed by atoms with E-state index >= 15 is 0 Å². The zero-order valence-electron chi connectivity index (χ0n) is 13.8. The largest absolute Gasteiger partial charge is 0.299 e. The molecule has 2 N–H and O–H groups in total. The Balaban J connectivity index is 1.65. The molecule has 1 aromatic rings. The van der Waals surface area contributed by atoms with E-state index in [1.807, 2.05) is 13.8 Å². The van der Waals surface area contributed by atoms with E-state index in [4.69, 9.17) is 5.21 Å². The number of amides is 1. The second kappa shape index (κ2) is 7.75. The first-order valence-electron chi connectivity index (χ1n) is 8.26. The average molecular weight is 304 g/mol. The molecule has 0 saturated heterocycles. The standard InChI is InChI=1S/C18H28N2O2/c1-18(2,17(21)19-22)11-6-3-7-12-20-13-10-15-8-4-5-9-16(15)14-20/h4-5,8-9,22H,3,6-7,10-14H2,1-2H3,(H,19,21). The fraction of sp³-hybridized carbons (Fsp3) is 0.611. The normalized spacial score (nSPS) is 15.4. The van der Waals surface area contributed by atoms with Crippen molar-refractivity contribution in [2.75, 3.05) is 13.1 Å². The Kier molecular flexibility index (Phi) is 5.98. The highest BCUT2D eigenvalue weighted by Crippen LogP contribution is 2.24. The maximum absolute atomic E-state index is 11.5. The van der Waals surface area contributed by atoms with Gasteiger partial charge in [0, 0.05) is 18.5 Å². The maximum Gasteiger partial charge on any atom is 0.248 e. The number of unbranched alkanes of at least 4 members (excludes halogenated alkanes) is 2. The first-order valence-corrected chi connectivity index (χ1v) is 8.26. The summed E-state index contributed by atoms with van der Waals surface area (Å²) in [4.78, 5) is 14.0. The topological polar surface area (TPSA) is 52.6 Å². The molecule has 1 aromatic carbocycles. The highest BCUT2D eigenvalue weighted by atomic mass is 16.5. The summed E-state index contributed by atoms with van der Waals surface area (Å²) in [5, 5.41) is 8.72. The number of rotatable bonds is 7. The van der Waals surface area contributed by atoms with E-state index in [9.17, 15) is 4.79 Å². The lowest BCUT2D eigenvalue weighted by atomic mass is 9.86. The first-order chi connectivity index (χ1) is 10.5. The summed E-state index contributed by atoms with van der Waals surface area (Å²) in [5.41, 5.74) is 4.24. The highest BCUT2D eigenvalue weighted by molar-refractivity contribution is 5.80. The second-order valence-corrected chi connectivity index (χ2v) is 6.93. The molecule has 0 saturated carbocycles. The first kappa shape index (κ1) is 17.0. The van der Waals surface area contributed by atoms with Gasteiger partial charge in [0.2, 0.25) is 5.91 Å². The lowest BCUT2D eigenvalue weighted by Crippen LogP contribution is -2.34. The van der Waals surface area contributed by atoms with Gasteiger partial charge in [-0.3, -0.25) is 14.9 Å². The van der Waals surface area contributed by atoms with Crippen LogP contribution in [-0.2, 0) is 17.8 Å². The van der Waals surface area contributed by atoms with Crippen LogP contribution in [0.5, 0.6) is 0 Å². The van der Waals surface area contributed by atoms with Crippen molar-refractivity contribution in [3.05, 3.63) is 35.4 Å². The van der Waals surface area contributed by atoms with Crippen molar-refractivity contribution < 1.29 is 10.0 Å². The molecule has 0 atom stereocenters. The van der Waals surface area contributed by atoms with Crippen LogP contribution in [0.4, 0.5) is 0 Å². The van der Waals surface area contributed by atoms with Crippen molar-refractivity contribution >= 4 is 5.91 Å². The minimum Gasteiger partial charge on any atom is -0.299 e. The molecule has 0 fully saturated rings. The van der Waals surface area contributed by atoms with Crippen molar-refractivity contribution in [1.29, 1.82) is 0 Å². The number of carbonyl (C=O) groups excluding carboxylic acids is 1. The van der Waals surface area contributed by atoms with Crippen molar-refractivity contribution in [1.82, 2.24) is 10.4 Å². The highest BCUT2D eigenvalue weighted by Gasteiger charge is 2.26. The number of nitrogens with one attached hydrogen (secondary N) is 1. The van der Waals surface area contributed by atoms with Crippen LogP contribution in [0.1, 0.15) is 50.7 Å². The molecule has 2 rings (SSSR count). The average Bonchev–Trinajstić information content (AvgIpc) is 2.53. The van der Waals surface area contributed by atoms with E-state index in [0.717, 1.165) is 45.3 Å². The Labute approximate surface area is 133 Å². The van der Waals surface area contributed by atoms with Crippen molar-refractivity contribution in [2.24, 2.45) is 5.41 Å². The molecule has 1 amide bonds. The van der Waals surface area contributed by atoms with Crippen LogP contribution >= 0.6 is 0 Å². The predicted octanol–water partition coefficient (Wildman–Crippen LogP) is 3.14. The summed E-state index contributed by atoms with van der Waals surface area (Å²) in [6.45, 7) is 7.09. The lowest BCUT2D eigenvalue weighted by molar-refractivity contribution is -0.138. The van der Waals surface area contributed by atoms with Gasteiger partial charge in [-0.15, -0.1) is 0 Å². The molecular formula is C18H28N2O2. The Bertz CT molecular complexity index is 500. The third-order valence-corrected chi connectivity index (χ3v) is 4.70. The molecule has 4 nitrogen and oxygen atoms in total. The van der Waals surface area contributed by atoms with Crippen molar-refractivity contribution in [2.45, 2.75) is 52.5 Å². The summed E-state index contributed by atoms with van der Waals surface area (Å²) in [5.74, 6) is -0.292.